The van der Waals surface area contributed by atoms with Crippen LogP contribution in [-0.4, -0.2) is 40.2 Å². The van der Waals surface area contributed by atoms with Gasteiger partial charge in [0.15, 0.2) is 17.0 Å². The predicted octanol–water partition coefficient (Wildman–Crippen LogP) is -0.355. The maximum atomic E-state index is 12.8. The molecule has 4 heterocycles. The van der Waals surface area contributed by atoms with Crippen LogP contribution in [0.3, 0.4) is 0 Å². The number of allylic oxidation sites excluding steroid dienone is 3. The topological polar surface area (TPSA) is 167 Å². The highest BCUT2D eigenvalue weighted by Crippen LogP contribution is 2.21. The lowest BCUT2D eigenvalue weighted by Gasteiger charge is -1.97. The van der Waals surface area contributed by atoms with E-state index in [9.17, 15) is 20.0 Å². The molecular formula is C22H13N9O3. The Morgan fingerprint density at radius 2 is 1.76 bits per heavy atom. The minimum absolute atomic E-state index is 0.0171. The molecule has 2 N–H and O–H groups in total. The number of rotatable bonds is 3. The van der Waals surface area contributed by atoms with Gasteiger partial charge in [0, 0.05) is 0 Å². The minimum Gasteiger partial charge on any atom is -0.493 e. The number of hydrogen-bond donors (Lipinski definition) is 2. The van der Waals surface area contributed by atoms with Crippen molar-refractivity contribution in [1.29, 1.82) is 10.7 Å². The number of fused-ring (bicyclic) bond motifs is 2. The van der Waals surface area contributed by atoms with Gasteiger partial charge >= 0.3 is 0 Å². The van der Waals surface area contributed by atoms with E-state index in [1.807, 2.05) is 6.07 Å². The van der Waals surface area contributed by atoms with Gasteiger partial charge in [-0.25, -0.2) is 9.83 Å². The highest BCUT2D eigenvalue weighted by Gasteiger charge is 2.16. The molecule has 0 unspecified atom stereocenters. The van der Waals surface area contributed by atoms with Crippen LogP contribution < -0.4 is 21.6 Å². The zero-order chi connectivity index (χ0) is 24.6. The summed E-state index contributed by atoms with van der Waals surface area (Å²) in [5.41, 5.74) is -0.652. The van der Waals surface area contributed by atoms with Crippen molar-refractivity contribution in [3.8, 4) is 11.9 Å². The number of nitriles is 1. The fourth-order valence-corrected chi connectivity index (χ4v) is 3.29. The molecule has 34 heavy (non-hydrogen) atoms. The van der Waals surface area contributed by atoms with E-state index in [0.717, 1.165) is 9.03 Å². The van der Waals surface area contributed by atoms with Gasteiger partial charge in [-0.15, -0.1) is 0 Å². The standard InChI is InChI=1S/C22H13N9O3/c1-11-15(9-23)18-27-20(32)14(22(34)30(18)28-11)8-6-4-5-7-13-16(10-24)26-19-17(25-3)12(2)29-31(19)21(13)33/h4-8,23,32H,1-2H3. The summed E-state index contributed by atoms with van der Waals surface area (Å²) in [6.07, 6.45) is 7.01. The summed E-state index contributed by atoms with van der Waals surface area (Å²) < 4.78 is 1.96. The van der Waals surface area contributed by atoms with Crippen LogP contribution in [0, 0.1) is 37.2 Å². The second kappa shape index (κ2) is 8.24. The minimum atomic E-state index is -0.631. The number of nitrogens with zero attached hydrogens (tertiary/aromatic N) is 8. The van der Waals surface area contributed by atoms with Gasteiger partial charge in [-0.3, -0.25) is 15.0 Å². The fraction of sp³-hybridized carbons (Fsp3) is 0.0909. The first-order valence-corrected chi connectivity index (χ1v) is 9.60. The molecule has 0 bridgehead atoms. The Labute approximate surface area is 189 Å². The molecule has 164 valence electrons. The number of aromatic nitrogens is 6. The van der Waals surface area contributed by atoms with Crippen molar-refractivity contribution in [2.45, 2.75) is 13.8 Å². The van der Waals surface area contributed by atoms with E-state index >= 15 is 0 Å². The van der Waals surface area contributed by atoms with Gasteiger partial charge in [-0.2, -0.15) is 29.5 Å². The van der Waals surface area contributed by atoms with E-state index in [1.165, 1.54) is 30.4 Å². The zero-order valence-corrected chi connectivity index (χ0v) is 17.7. The molecule has 12 nitrogen and oxygen atoms in total. The van der Waals surface area contributed by atoms with Gasteiger partial charge < -0.3 is 5.11 Å². The Hall–Kier alpha value is -5.45. The average molecular weight is 451 g/mol. The average Bonchev–Trinajstić information content (AvgIpc) is 3.31. The smallest absolute Gasteiger partial charge is 0.285 e. The first kappa shape index (κ1) is 21.8. The van der Waals surface area contributed by atoms with Crippen molar-refractivity contribution in [3.05, 3.63) is 83.4 Å². The molecule has 0 aliphatic heterocycles. The van der Waals surface area contributed by atoms with E-state index in [0.29, 0.717) is 11.4 Å². The van der Waals surface area contributed by atoms with Crippen LogP contribution in [0.4, 0.5) is 5.69 Å². The molecule has 0 amide bonds. The second-order valence-corrected chi connectivity index (χ2v) is 6.96. The SMILES string of the molecule is [C-]#[N+]c1c(C)nn2c(=O)c(=CC=CC=Cc3c(O)nc4c(=C=N)c(C)nn4c3=O)c(C#N)nc12. The van der Waals surface area contributed by atoms with Crippen LogP contribution in [-0.2, 0) is 0 Å². The first-order valence-electron chi connectivity index (χ1n) is 9.60. The molecule has 0 fully saturated rings. The molecular weight excluding hydrogens is 438 g/mol. The number of aromatic hydroxyl groups is 1. The quantitative estimate of drug-likeness (QED) is 0.242. The third kappa shape index (κ3) is 3.29. The van der Waals surface area contributed by atoms with E-state index in [4.69, 9.17) is 12.0 Å². The Morgan fingerprint density at radius 3 is 2.44 bits per heavy atom. The normalized spacial score (nSPS) is 12.1. The van der Waals surface area contributed by atoms with Crippen LogP contribution in [0.2, 0.25) is 0 Å². The predicted molar refractivity (Wildman–Crippen MR) is 121 cm³/mol. The van der Waals surface area contributed by atoms with Crippen molar-refractivity contribution in [2.75, 3.05) is 0 Å². The van der Waals surface area contributed by atoms with Crippen LogP contribution in [0.5, 0.6) is 5.88 Å². The third-order valence-corrected chi connectivity index (χ3v) is 4.90. The maximum absolute atomic E-state index is 12.8. The summed E-state index contributed by atoms with van der Waals surface area (Å²) in [5.74, 6) is 1.61. The molecule has 0 aliphatic carbocycles. The Kier molecular flexibility index (Phi) is 5.28. The lowest BCUT2D eigenvalue weighted by atomic mass is 10.2. The highest BCUT2D eigenvalue weighted by atomic mass is 16.3. The summed E-state index contributed by atoms with van der Waals surface area (Å²) in [4.78, 5) is 36.7. The second-order valence-electron chi connectivity index (χ2n) is 6.96. The molecule has 0 radical (unpaired) electrons. The fourth-order valence-electron chi connectivity index (χ4n) is 3.29. The van der Waals surface area contributed by atoms with Crippen molar-refractivity contribution in [1.82, 2.24) is 29.2 Å². The summed E-state index contributed by atoms with van der Waals surface area (Å²) in [7, 11) is 0. The zero-order valence-electron chi connectivity index (χ0n) is 17.7. The van der Waals surface area contributed by atoms with Crippen LogP contribution >= 0.6 is 0 Å². The molecule has 0 aromatic carbocycles. The molecule has 4 aromatic heterocycles. The Balaban J connectivity index is 1.75. The van der Waals surface area contributed by atoms with E-state index in [2.05, 4.69) is 30.9 Å². The largest absolute Gasteiger partial charge is 0.493 e. The van der Waals surface area contributed by atoms with Gasteiger partial charge in [0.05, 0.1) is 23.2 Å². The summed E-state index contributed by atoms with van der Waals surface area (Å²) in [6.45, 7) is 10.4. The molecule has 0 aliphatic rings. The summed E-state index contributed by atoms with van der Waals surface area (Å²) in [6, 6.07) is 1.85. The highest BCUT2D eigenvalue weighted by molar-refractivity contribution is 5.71. The third-order valence-electron chi connectivity index (χ3n) is 4.90. The van der Waals surface area contributed by atoms with Crippen molar-refractivity contribution < 1.29 is 5.11 Å². The monoisotopic (exact) mass is 451 g/mol. The molecule has 0 saturated carbocycles. The first-order chi connectivity index (χ1) is 16.3. The molecule has 0 spiro atoms. The van der Waals surface area contributed by atoms with E-state index in [-0.39, 0.29) is 38.7 Å². The Bertz CT molecular complexity index is 1910. The lowest BCUT2D eigenvalue weighted by Crippen LogP contribution is -2.34. The number of hydrogen-bond acceptors (Lipinski definition) is 9. The lowest BCUT2D eigenvalue weighted by molar-refractivity contribution is 0.450. The van der Waals surface area contributed by atoms with Crippen molar-refractivity contribution in [3.63, 3.8) is 0 Å². The molecule has 0 atom stereocenters. The van der Waals surface area contributed by atoms with E-state index in [1.54, 1.807) is 13.8 Å². The van der Waals surface area contributed by atoms with Gasteiger partial charge in [0.2, 0.25) is 5.88 Å². The molecule has 4 aromatic rings. The van der Waals surface area contributed by atoms with Crippen LogP contribution in [0.25, 0.3) is 28.3 Å². The number of aryl methyl sites for hydroxylation is 2. The van der Waals surface area contributed by atoms with Gasteiger partial charge in [0.1, 0.15) is 16.9 Å². The Morgan fingerprint density at radius 1 is 1.06 bits per heavy atom. The van der Waals surface area contributed by atoms with Gasteiger partial charge in [-0.1, -0.05) is 18.2 Å². The summed E-state index contributed by atoms with van der Waals surface area (Å²) in [5, 5.41) is 35.1. The van der Waals surface area contributed by atoms with E-state index < -0.39 is 17.0 Å². The number of nitrogens with one attached hydrogen (secondary N) is 1. The summed E-state index contributed by atoms with van der Waals surface area (Å²) >= 11 is 0. The van der Waals surface area contributed by atoms with Gasteiger partial charge in [-0.05, 0) is 31.9 Å². The maximum Gasteiger partial charge on any atom is 0.285 e. The van der Waals surface area contributed by atoms with Gasteiger partial charge in [0.25, 0.3) is 16.8 Å². The molecule has 0 saturated heterocycles. The van der Waals surface area contributed by atoms with Crippen molar-refractivity contribution in [2.24, 2.45) is 0 Å². The van der Waals surface area contributed by atoms with Crippen LogP contribution in [0.1, 0.15) is 22.6 Å². The molecule has 4 rings (SSSR count). The van der Waals surface area contributed by atoms with Crippen LogP contribution in [0.15, 0.2) is 27.8 Å². The van der Waals surface area contributed by atoms with Crippen molar-refractivity contribution >= 4 is 35.0 Å². The molecule has 12 heteroatoms.